The molecule has 38 heavy (non-hydrogen) atoms. The Balaban J connectivity index is 1.52. The van der Waals surface area contributed by atoms with Crippen molar-refractivity contribution in [2.75, 3.05) is 13.7 Å². The van der Waals surface area contributed by atoms with Crippen LogP contribution in [0, 0.1) is 0 Å². The van der Waals surface area contributed by atoms with Crippen molar-refractivity contribution in [1.29, 1.82) is 0 Å². The highest BCUT2D eigenvalue weighted by Crippen LogP contribution is 2.43. The minimum absolute atomic E-state index is 0.0686. The van der Waals surface area contributed by atoms with Crippen LogP contribution >= 0.6 is 0 Å². The third-order valence-corrected chi connectivity index (χ3v) is 6.96. The Kier molecular flexibility index (Phi) is 7.60. The van der Waals surface area contributed by atoms with Crippen LogP contribution in [0.4, 0.5) is 0 Å². The van der Waals surface area contributed by atoms with Crippen LogP contribution in [0.25, 0.3) is 21.9 Å². The molecule has 7 nitrogen and oxygen atoms in total. The molecule has 0 aliphatic carbocycles. The van der Waals surface area contributed by atoms with Gasteiger partial charge in [0.05, 0.1) is 25.9 Å². The van der Waals surface area contributed by atoms with Crippen molar-refractivity contribution in [3.63, 3.8) is 0 Å². The molecule has 5 rings (SSSR count). The summed E-state index contributed by atoms with van der Waals surface area (Å²) in [5.41, 5.74) is 3.63. The van der Waals surface area contributed by atoms with Gasteiger partial charge in [-0.3, -0.25) is 0 Å². The summed E-state index contributed by atoms with van der Waals surface area (Å²) in [5.74, 6) is -0.447. The van der Waals surface area contributed by atoms with Crippen LogP contribution in [0.2, 0.25) is 0 Å². The molecule has 196 valence electrons. The molecule has 0 amide bonds. The molecule has 1 saturated heterocycles. The average molecular weight is 515 g/mol. The third-order valence-electron chi connectivity index (χ3n) is 6.96. The molecule has 0 spiro atoms. The predicted molar refractivity (Wildman–Crippen MR) is 144 cm³/mol. The number of carboxylic acid groups (broad SMARTS) is 1. The van der Waals surface area contributed by atoms with Crippen molar-refractivity contribution in [3.8, 4) is 22.6 Å². The van der Waals surface area contributed by atoms with E-state index in [2.05, 4.69) is 0 Å². The SMILES string of the molecule is COc1c(C(=O)O)c(CO)c(-c2ccccc2)c2ccc(OCc3cccc(C4CC(O)CCO4)c3)cc12. The fraction of sp³-hybridized carbons (Fsp3) is 0.258. The first-order valence-corrected chi connectivity index (χ1v) is 12.6. The molecule has 0 saturated carbocycles. The number of hydrogen-bond donors (Lipinski definition) is 3. The normalized spacial score (nSPS) is 17.3. The molecule has 1 fully saturated rings. The molecule has 4 aromatic carbocycles. The van der Waals surface area contributed by atoms with Crippen molar-refractivity contribution in [3.05, 3.63) is 95.1 Å². The van der Waals surface area contributed by atoms with Gasteiger partial charge in [0.2, 0.25) is 0 Å². The zero-order chi connectivity index (χ0) is 26.6. The first-order valence-electron chi connectivity index (χ1n) is 12.6. The van der Waals surface area contributed by atoms with E-state index >= 15 is 0 Å². The number of carbonyl (C=O) groups is 1. The zero-order valence-corrected chi connectivity index (χ0v) is 21.1. The van der Waals surface area contributed by atoms with Gasteiger partial charge in [0.25, 0.3) is 0 Å². The lowest BCUT2D eigenvalue weighted by atomic mass is 9.89. The van der Waals surface area contributed by atoms with Crippen LogP contribution in [0.5, 0.6) is 11.5 Å². The lowest BCUT2D eigenvalue weighted by Gasteiger charge is -2.27. The van der Waals surface area contributed by atoms with Gasteiger partial charge in [0, 0.05) is 24.0 Å². The lowest BCUT2D eigenvalue weighted by Crippen LogP contribution is -2.23. The highest BCUT2D eigenvalue weighted by atomic mass is 16.5. The van der Waals surface area contributed by atoms with Gasteiger partial charge in [0.1, 0.15) is 23.7 Å². The van der Waals surface area contributed by atoms with E-state index in [1.807, 2.05) is 66.7 Å². The number of methoxy groups -OCH3 is 1. The van der Waals surface area contributed by atoms with Gasteiger partial charge in [-0.05, 0) is 58.3 Å². The Hall–Kier alpha value is -3.91. The molecule has 0 aromatic heterocycles. The van der Waals surface area contributed by atoms with Crippen LogP contribution in [0.15, 0.2) is 72.8 Å². The van der Waals surface area contributed by atoms with Crippen molar-refractivity contribution >= 4 is 16.7 Å². The lowest BCUT2D eigenvalue weighted by molar-refractivity contribution is -0.0448. The Morgan fingerprint density at radius 2 is 1.84 bits per heavy atom. The smallest absolute Gasteiger partial charge is 0.339 e. The number of aliphatic hydroxyl groups is 2. The molecule has 3 N–H and O–H groups in total. The Morgan fingerprint density at radius 3 is 2.55 bits per heavy atom. The van der Waals surface area contributed by atoms with E-state index in [0.717, 1.165) is 22.1 Å². The van der Waals surface area contributed by atoms with Gasteiger partial charge in [-0.15, -0.1) is 0 Å². The first-order chi connectivity index (χ1) is 18.5. The van der Waals surface area contributed by atoms with E-state index in [-0.39, 0.29) is 23.5 Å². The number of rotatable bonds is 8. The summed E-state index contributed by atoms with van der Waals surface area (Å²) in [6.45, 7) is 0.379. The summed E-state index contributed by atoms with van der Waals surface area (Å²) < 4.78 is 17.5. The van der Waals surface area contributed by atoms with E-state index in [0.29, 0.717) is 48.3 Å². The Morgan fingerprint density at radius 1 is 1.03 bits per heavy atom. The van der Waals surface area contributed by atoms with Gasteiger partial charge in [-0.1, -0.05) is 48.5 Å². The van der Waals surface area contributed by atoms with E-state index in [1.165, 1.54) is 7.11 Å². The van der Waals surface area contributed by atoms with Gasteiger partial charge >= 0.3 is 5.97 Å². The van der Waals surface area contributed by atoms with E-state index < -0.39 is 12.6 Å². The fourth-order valence-corrected chi connectivity index (χ4v) is 5.17. The average Bonchev–Trinajstić information content (AvgIpc) is 2.95. The number of ether oxygens (including phenoxy) is 3. The number of benzene rings is 4. The van der Waals surface area contributed by atoms with Gasteiger partial charge in [-0.25, -0.2) is 4.79 Å². The summed E-state index contributed by atoms with van der Waals surface area (Å²) in [6.07, 6.45) is 0.722. The topological polar surface area (TPSA) is 105 Å². The molecule has 1 aliphatic heterocycles. The first kappa shape index (κ1) is 25.7. The van der Waals surface area contributed by atoms with Gasteiger partial charge < -0.3 is 29.5 Å². The molecule has 7 heteroatoms. The maximum atomic E-state index is 12.3. The van der Waals surface area contributed by atoms with Crippen LogP contribution in [0.1, 0.15) is 46.0 Å². The second-order valence-corrected chi connectivity index (χ2v) is 9.37. The van der Waals surface area contributed by atoms with Gasteiger partial charge in [-0.2, -0.15) is 0 Å². The van der Waals surface area contributed by atoms with Crippen molar-refractivity contribution in [2.24, 2.45) is 0 Å². The maximum absolute atomic E-state index is 12.3. The molecule has 1 aliphatic rings. The predicted octanol–water partition coefficient (Wildman–Crippen LogP) is 5.50. The molecule has 2 atom stereocenters. The second-order valence-electron chi connectivity index (χ2n) is 9.37. The summed E-state index contributed by atoms with van der Waals surface area (Å²) in [4.78, 5) is 12.3. The van der Waals surface area contributed by atoms with E-state index in [9.17, 15) is 20.1 Å². The summed E-state index contributed by atoms with van der Waals surface area (Å²) in [7, 11) is 1.42. The molecule has 1 heterocycles. The monoisotopic (exact) mass is 514 g/mol. The van der Waals surface area contributed by atoms with Crippen LogP contribution in [-0.4, -0.2) is 41.1 Å². The summed E-state index contributed by atoms with van der Waals surface area (Å²) in [5, 5.41) is 31.6. The quantitative estimate of drug-likeness (QED) is 0.285. The van der Waals surface area contributed by atoms with Crippen molar-refractivity contribution in [1.82, 2.24) is 0 Å². The maximum Gasteiger partial charge on any atom is 0.339 e. The molecule has 0 bridgehead atoms. The minimum atomic E-state index is -1.18. The van der Waals surface area contributed by atoms with Crippen LogP contribution < -0.4 is 9.47 Å². The molecular formula is C31H30O7. The molecular weight excluding hydrogens is 484 g/mol. The number of aromatic carboxylic acids is 1. The molecule has 2 unspecified atom stereocenters. The fourth-order valence-electron chi connectivity index (χ4n) is 5.17. The summed E-state index contributed by atoms with van der Waals surface area (Å²) >= 11 is 0. The standard InChI is InChI=1S/C31H30O7/c1-36-30-25-16-23(38-18-19-6-5-9-21(14-19)27-15-22(33)12-13-37-27)10-11-24(25)28(20-7-3-2-4-8-20)26(17-32)29(30)31(34)35/h2-11,14,16,22,27,32-33H,12-13,15,17-18H2,1H3,(H,34,35). The largest absolute Gasteiger partial charge is 0.495 e. The third kappa shape index (κ3) is 5.09. The van der Waals surface area contributed by atoms with Crippen molar-refractivity contribution < 1.29 is 34.3 Å². The number of hydrogen-bond acceptors (Lipinski definition) is 6. The highest BCUT2D eigenvalue weighted by molar-refractivity contribution is 6.10. The van der Waals surface area contributed by atoms with Crippen LogP contribution in [-0.2, 0) is 18.0 Å². The van der Waals surface area contributed by atoms with Crippen molar-refractivity contribution in [2.45, 2.75) is 38.3 Å². The Labute approximate surface area is 220 Å². The van der Waals surface area contributed by atoms with Crippen LogP contribution in [0.3, 0.4) is 0 Å². The van der Waals surface area contributed by atoms with Gasteiger partial charge in [0.15, 0.2) is 0 Å². The zero-order valence-electron chi connectivity index (χ0n) is 21.1. The minimum Gasteiger partial charge on any atom is -0.495 e. The Bertz CT molecular complexity index is 1450. The second kappa shape index (κ2) is 11.2. The molecule has 4 aromatic rings. The number of carboxylic acids is 1. The molecule has 0 radical (unpaired) electrons. The van der Waals surface area contributed by atoms with E-state index in [4.69, 9.17) is 14.2 Å². The highest BCUT2D eigenvalue weighted by Gasteiger charge is 2.26. The summed E-state index contributed by atoms with van der Waals surface area (Å²) in [6, 6.07) is 22.8. The number of fused-ring (bicyclic) bond motifs is 1. The van der Waals surface area contributed by atoms with E-state index in [1.54, 1.807) is 6.07 Å². The number of aliphatic hydroxyl groups excluding tert-OH is 2.